The predicted molar refractivity (Wildman–Crippen MR) is 70.1 cm³/mol. The molecule has 4 heteroatoms. The zero-order chi connectivity index (χ0) is 12.3. The minimum atomic E-state index is -0.373. The molecule has 0 heterocycles. The van der Waals surface area contributed by atoms with Crippen LogP contribution in [0.15, 0.2) is 56.7 Å². The number of rotatable bonds is 3. The molecule has 0 bridgehead atoms. The van der Waals surface area contributed by atoms with Crippen molar-refractivity contribution in [3.8, 4) is 0 Å². The zero-order valence-corrected chi connectivity index (χ0v) is 11.1. The summed E-state index contributed by atoms with van der Waals surface area (Å²) in [5.74, 6) is -0.373. The highest BCUT2D eigenvalue weighted by atomic mass is 79.9. The van der Waals surface area contributed by atoms with Gasteiger partial charge in [0.15, 0.2) is 6.29 Å². The monoisotopic (exact) mass is 310 g/mol. The summed E-state index contributed by atoms with van der Waals surface area (Å²) < 4.78 is 14.6. The first-order chi connectivity index (χ1) is 8.20. The smallest absolute Gasteiger partial charge is 0.151 e. The zero-order valence-electron chi connectivity index (χ0n) is 8.69. The van der Waals surface area contributed by atoms with Gasteiger partial charge in [0.25, 0.3) is 0 Å². The van der Waals surface area contributed by atoms with Crippen molar-refractivity contribution in [2.75, 3.05) is 0 Å². The Morgan fingerprint density at radius 2 is 1.82 bits per heavy atom. The van der Waals surface area contributed by atoms with E-state index in [4.69, 9.17) is 0 Å². The number of aldehydes is 1. The van der Waals surface area contributed by atoms with Crippen LogP contribution in [-0.2, 0) is 0 Å². The number of hydrogen-bond acceptors (Lipinski definition) is 2. The molecule has 0 aromatic heterocycles. The molecule has 0 amide bonds. The Labute approximate surface area is 111 Å². The molecule has 0 aliphatic carbocycles. The summed E-state index contributed by atoms with van der Waals surface area (Å²) in [5, 5.41) is 0. The van der Waals surface area contributed by atoms with Crippen LogP contribution in [-0.4, -0.2) is 6.29 Å². The molecule has 2 aromatic carbocycles. The van der Waals surface area contributed by atoms with Crippen molar-refractivity contribution < 1.29 is 9.18 Å². The molecule has 2 aromatic rings. The van der Waals surface area contributed by atoms with Gasteiger partial charge in [0, 0.05) is 14.9 Å². The third kappa shape index (κ3) is 2.96. The summed E-state index contributed by atoms with van der Waals surface area (Å²) in [5.41, 5.74) is 0.373. The lowest BCUT2D eigenvalue weighted by Crippen LogP contribution is -1.89. The van der Waals surface area contributed by atoms with Crippen LogP contribution < -0.4 is 0 Å². The SMILES string of the molecule is O=Cc1cccc(F)c1Sc1ccc(Br)cc1. The molecule has 2 rings (SSSR count). The largest absolute Gasteiger partial charge is 0.298 e. The molecular weight excluding hydrogens is 303 g/mol. The van der Waals surface area contributed by atoms with Gasteiger partial charge in [-0.15, -0.1) is 0 Å². The number of benzene rings is 2. The van der Waals surface area contributed by atoms with Gasteiger partial charge < -0.3 is 0 Å². The van der Waals surface area contributed by atoms with Crippen molar-refractivity contribution in [1.29, 1.82) is 0 Å². The molecule has 0 aliphatic heterocycles. The minimum Gasteiger partial charge on any atom is -0.298 e. The molecule has 0 atom stereocenters. The number of carbonyl (C=O) groups excluding carboxylic acids is 1. The molecule has 17 heavy (non-hydrogen) atoms. The van der Waals surface area contributed by atoms with Crippen molar-refractivity contribution in [3.63, 3.8) is 0 Å². The van der Waals surface area contributed by atoms with Gasteiger partial charge in [-0.05, 0) is 30.3 Å². The molecule has 1 nitrogen and oxygen atoms in total. The van der Waals surface area contributed by atoms with Crippen LogP contribution in [0.2, 0.25) is 0 Å². The lowest BCUT2D eigenvalue weighted by Gasteiger charge is -2.05. The molecule has 0 radical (unpaired) electrons. The first-order valence-corrected chi connectivity index (χ1v) is 6.49. The molecule has 0 spiro atoms. The number of carbonyl (C=O) groups is 1. The standard InChI is InChI=1S/C13H8BrFOS/c14-10-4-6-11(7-5-10)17-13-9(8-16)2-1-3-12(13)15/h1-8H. The predicted octanol–water partition coefficient (Wildman–Crippen LogP) is 4.55. The van der Waals surface area contributed by atoms with Crippen LogP contribution in [0.3, 0.4) is 0 Å². The second kappa shape index (κ2) is 5.47. The van der Waals surface area contributed by atoms with Gasteiger partial charge in [-0.2, -0.15) is 0 Å². The summed E-state index contributed by atoms with van der Waals surface area (Å²) in [7, 11) is 0. The molecule has 0 saturated carbocycles. The fourth-order valence-corrected chi connectivity index (χ4v) is 2.52. The second-order valence-corrected chi connectivity index (χ2v) is 5.33. The van der Waals surface area contributed by atoms with Crippen molar-refractivity contribution in [2.24, 2.45) is 0 Å². The molecule has 0 aliphatic rings. The molecule has 0 saturated heterocycles. The molecular formula is C13H8BrFOS. The highest BCUT2D eigenvalue weighted by molar-refractivity contribution is 9.10. The number of hydrogen-bond donors (Lipinski definition) is 0. The van der Waals surface area contributed by atoms with Crippen molar-refractivity contribution in [1.82, 2.24) is 0 Å². The third-order valence-corrected chi connectivity index (χ3v) is 3.83. The van der Waals surface area contributed by atoms with E-state index < -0.39 is 0 Å². The lowest BCUT2D eigenvalue weighted by molar-refractivity contribution is 0.112. The van der Waals surface area contributed by atoms with Crippen molar-refractivity contribution in [3.05, 3.63) is 58.3 Å². The van der Waals surface area contributed by atoms with Gasteiger partial charge in [0.05, 0.1) is 4.90 Å². The van der Waals surface area contributed by atoms with E-state index in [9.17, 15) is 9.18 Å². The fraction of sp³-hybridized carbons (Fsp3) is 0. The topological polar surface area (TPSA) is 17.1 Å². The van der Waals surface area contributed by atoms with E-state index >= 15 is 0 Å². The fourth-order valence-electron chi connectivity index (χ4n) is 1.35. The highest BCUT2D eigenvalue weighted by Crippen LogP contribution is 2.32. The first-order valence-electron chi connectivity index (χ1n) is 4.88. The van der Waals surface area contributed by atoms with E-state index in [1.807, 2.05) is 24.3 Å². The van der Waals surface area contributed by atoms with Gasteiger partial charge in [-0.25, -0.2) is 4.39 Å². The van der Waals surface area contributed by atoms with Gasteiger partial charge in [-0.3, -0.25) is 4.79 Å². The molecule has 0 fully saturated rings. The Bertz CT molecular complexity index is 540. The maximum atomic E-state index is 13.6. The maximum Gasteiger partial charge on any atom is 0.151 e. The summed E-state index contributed by atoms with van der Waals surface area (Å²) in [6, 6.07) is 12.0. The number of halogens is 2. The Kier molecular flexibility index (Phi) is 3.97. The van der Waals surface area contributed by atoms with Crippen LogP contribution in [0.1, 0.15) is 10.4 Å². The van der Waals surface area contributed by atoms with E-state index in [-0.39, 0.29) is 5.82 Å². The Morgan fingerprint density at radius 3 is 2.47 bits per heavy atom. The van der Waals surface area contributed by atoms with Crippen LogP contribution in [0.4, 0.5) is 4.39 Å². The van der Waals surface area contributed by atoms with Crippen LogP contribution in [0.5, 0.6) is 0 Å². The Hall–Kier alpha value is -1.13. The first kappa shape index (κ1) is 12.3. The average molecular weight is 311 g/mol. The minimum absolute atomic E-state index is 0.366. The van der Waals surface area contributed by atoms with E-state index in [0.29, 0.717) is 16.7 Å². The lowest BCUT2D eigenvalue weighted by atomic mass is 10.2. The summed E-state index contributed by atoms with van der Waals surface area (Å²) in [6.07, 6.45) is 0.671. The van der Waals surface area contributed by atoms with Crippen LogP contribution >= 0.6 is 27.7 Å². The summed E-state index contributed by atoms with van der Waals surface area (Å²) >= 11 is 4.58. The molecule has 0 unspecified atom stereocenters. The quantitative estimate of drug-likeness (QED) is 0.773. The van der Waals surface area contributed by atoms with Crippen LogP contribution in [0, 0.1) is 5.82 Å². The molecule has 86 valence electrons. The van der Waals surface area contributed by atoms with E-state index in [0.717, 1.165) is 9.37 Å². The normalized spacial score (nSPS) is 10.2. The molecule has 0 N–H and O–H groups in total. The van der Waals surface area contributed by atoms with Crippen molar-refractivity contribution in [2.45, 2.75) is 9.79 Å². The summed E-state index contributed by atoms with van der Waals surface area (Å²) in [6.45, 7) is 0. The van der Waals surface area contributed by atoms with Gasteiger partial charge in [0.1, 0.15) is 5.82 Å². The van der Waals surface area contributed by atoms with E-state index in [1.165, 1.54) is 23.9 Å². The highest BCUT2D eigenvalue weighted by Gasteiger charge is 2.09. The van der Waals surface area contributed by atoms with Gasteiger partial charge >= 0.3 is 0 Å². The van der Waals surface area contributed by atoms with E-state index in [2.05, 4.69) is 15.9 Å². The average Bonchev–Trinajstić information content (AvgIpc) is 2.34. The second-order valence-electron chi connectivity index (χ2n) is 3.33. The van der Waals surface area contributed by atoms with Gasteiger partial charge in [-0.1, -0.05) is 39.8 Å². The Balaban J connectivity index is 2.35. The third-order valence-electron chi connectivity index (χ3n) is 2.16. The van der Waals surface area contributed by atoms with Crippen LogP contribution in [0.25, 0.3) is 0 Å². The Morgan fingerprint density at radius 1 is 1.12 bits per heavy atom. The maximum absolute atomic E-state index is 13.6. The summed E-state index contributed by atoms with van der Waals surface area (Å²) in [4.78, 5) is 12.1. The van der Waals surface area contributed by atoms with Crippen molar-refractivity contribution >= 4 is 34.0 Å². The van der Waals surface area contributed by atoms with Gasteiger partial charge in [0.2, 0.25) is 0 Å². The van der Waals surface area contributed by atoms with E-state index in [1.54, 1.807) is 6.07 Å².